The van der Waals surface area contributed by atoms with Crippen molar-refractivity contribution in [2.45, 2.75) is 32.8 Å². The Bertz CT molecular complexity index is 959. The van der Waals surface area contributed by atoms with Crippen molar-refractivity contribution < 1.29 is 9.47 Å². The highest BCUT2D eigenvalue weighted by atomic mass is 16.5. The molecule has 0 spiro atoms. The molecule has 7 heteroatoms. The van der Waals surface area contributed by atoms with Crippen molar-refractivity contribution in [2.75, 3.05) is 38.3 Å². The summed E-state index contributed by atoms with van der Waals surface area (Å²) in [5, 5.41) is 4.58. The number of rotatable bonds is 5. The van der Waals surface area contributed by atoms with Gasteiger partial charge in [-0.15, -0.1) is 0 Å². The predicted octanol–water partition coefficient (Wildman–Crippen LogP) is 2.90. The average Bonchev–Trinajstić information content (AvgIpc) is 3.05. The van der Waals surface area contributed by atoms with Gasteiger partial charge in [-0.05, 0) is 39.0 Å². The molecular weight excluding hydrogens is 354 g/mol. The van der Waals surface area contributed by atoms with E-state index in [1.54, 1.807) is 7.11 Å². The fourth-order valence-corrected chi connectivity index (χ4v) is 3.60. The fourth-order valence-electron chi connectivity index (χ4n) is 3.60. The third-order valence-electron chi connectivity index (χ3n) is 5.28. The third kappa shape index (κ3) is 3.59. The second-order valence-corrected chi connectivity index (χ2v) is 7.78. The molecule has 0 saturated carbocycles. The van der Waals surface area contributed by atoms with Gasteiger partial charge in [-0.1, -0.05) is 0 Å². The molecule has 3 aromatic rings. The van der Waals surface area contributed by atoms with Gasteiger partial charge in [0.05, 0.1) is 42.1 Å². The lowest BCUT2D eigenvalue weighted by Crippen LogP contribution is -2.36. The standard InChI is InChI=1S/C21H27N5O2/c1-15-19(16-5-6-17(22-14-16)13-21(2,3)27-4)26-20(24-15)18(7-8-23-26)25-9-11-28-12-10-25/h5-8,14H,9-13H2,1-4H3. The molecule has 1 saturated heterocycles. The number of anilines is 1. The molecule has 3 aromatic heterocycles. The van der Waals surface area contributed by atoms with Crippen molar-refractivity contribution in [1.82, 2.24) is 19.6 Å². The molecule has 0 N–H and O–H groups in total. The lowest BCUT2D eigenvalue weighted by molar-refractivity contribution is 0.0224. The summed E-state index contributed by atoms with van der Waals surface area (Å²) in [6.07, 6.45) is 4.50. The Labute approximate surface area is 165 Å². The van der Waals surface area contributed by atoms with Crippen molar-refractivity contribution in [3.63, 3.8) is 0 Å². The van der Waals surface area contributed by atoms with Crippen molar-refractivity contribution in [1.29, 1.82) is 0 Å². The highest BCUT2D eigenvalue weighted by molar-refractivity contribution is 5.75. The first kappa shape index (κ1) is 18.8. The first-order valence-electron chi connectivity index (χ1n) is 9.66. The van der Waals surface area contributed by atoms with Crippen LogP contribution in [0.25, 0.3) is 16.9 Å². The molecule has 0 amide bonds. The molecule has 4 heterocycles. The van der Waals surface area contributed by atoms with Crippen LogP contribution < -0.4 is 4.90 Å². The molecular formula is C21H27N5O2. The van der Waals surface area contributed by atoms with Crippen LogP contribution in [0.5, 0.6) is 0 Å². The van der Waals surface area contributed by atoms with Crippen LogP contribution in [0.3, 0.4) is 0 Å². The number of hydrogen-bond donors (Lipinski definition) is 0. The largest absolute Gasteiger partial charge is 0.378 e. The number of aryl methyl sites for hydroxylation is 1. The number of imidazole rings is 1. The van der Waals surface area contributed by atoms with Crippen molar-refractivity contribution in [3.05, 3.63) is 42.0 Å². The van der Waals surface area contributed by atoms with E-state index in [2.05, 4.69) is 41.0 Å². The Kier molecular flexibility index (Phi) is 5.03. The van der Waals surface area contributed by atoms with E-state index >= 15 is 0 Å². The molecule has 7 nitrogen and oxygen atoms in total. The van der Waals surface area contributed by atoms with Gasteiger partial charge in [0.1, 0.15) is 0 Å². The number of pyridine rings is 1. The average molecular weight is 381 g/mol. The molecule has 1 aliphatic rings. The highest BCUT2D eigenvalue weighted by Gasteiger charge is 2.21. The Hall–Kier alpha value is -2.51. The van der Waals surface area contributed by atoms with Crippen molar-refractivity contribution in [3.8, 4) is 11.3 Å². The van der Waals surface area contributed by atoms with Gasteiger partial charge in [-0.25, -0.2) is 9.50 Å². The van der Waals surface area contributed by atoms with E-state index in [-0.39, 0.29) is 5.60 Å². The summed E-state index contributed by atoms with van der Waals surface area (Å²) in [5.74, 6) is 0. The summed E-state index contributed by atoms with van der Waals surface area (Å²) in [7, 11) is 1.73. The highest BCUT2D eigenvalue weighted by Crippen LogP contribution is 2.29. The van der Waals surface area contributed by atoms with Crippen LogP contribution in [-0.2, 0) is 15.9 Å². The van der Waals surface area contributed by atoms with E-state index in [1.165, 1.54) is 0 Å². The maximum absolute atomic E-state index is 5.51. The smallest absolute Gasteiger partial charge is 0.178 e. The summed E-state index contributed by atoms with van der Waals surface area (Å²) in [4.78, 5) is 11.8. The lowest BCUT2D eigenvalue weighted by atomic mass is 10.0. The van der Waals surface area contributed by atoms with E-state index in [4.69, 9.17) is 14.5 Å². The number of aromatic nitrogens is 4. The van der Waals surface area contributed by atoms with Crippen LogP contribution in [0.2, 0.25) is 0 Å². The first-order valence-corrected chi connectivity index (χ1v) is 9.66. The third-order valence-corrected chi connectivity index (χ3v) is 5.28. The van der Waals surface area contributed by atoms with E-state index in [0.29, 0.717) is 0 Å². The Morgan fingerprint density at radius 3 is 2.64 bits per heavy atom. The lowest BCUT2D eigenvalue weighted by Gasteiger charge is -2.28. The van der Waals surface area contributed by atoms with Gasteiger partial charge in [-0.3, -0.25) is 4.98 Å². The number of fused-ring (bicyclic) bond motifs is 1. The molecule has 148 valence electrons. The molecule has 4 rings (SSSR count). The fraction of sp³-hybridized carbons (Fsp3) is 0.476. The normalized spacial score (nSPS) is 15.4. The van der Waals surface area contributed by atoms with Crippen LogP contribution in [0.1, 0.15) is 25.2 Å². The maximum atomic E-state index is 5.51. The molecule has 0 aromatic carbocycles. The summed E-state index contributed by atoms with van der Waals surface area (Å²) >= 11 is 0. The van der Waals surface area contributed by atoms with Crippen LogP contribution in [0.4, 0.5) is 5.69 Å². The molecule has 0 atom stereocenters. The number of nitrogens with zero attached hydrogens (tertiary/aromatic N) is 5. The Morgan fingerprint density at radius 2 is 1.96 bits per heavy atom. The van der Waals surface area contributed by atoms with Gasteiger partial charge < -0.3 is 14.4 Å². The SMILES string of the molecule is COC(C)(C)Cc1ccc(-c2c(C)nc3c(N4CCOCC4)ccnn23)cn1. The topological polar surface area (TPSA) is 64.8 Å². The zero-order chi connectivity index (χ0) is 19.7. The molecule has 0 radical (unpaired) electrons. The minimum Gasteiger partial charge on any atom is -0.378 e. The number of methoxy groups -OCH3 is 1. The van der Waals surface area contributed by atoms with Gasteiger partial charge in [0.15, 0.2) is 5.65 Å². The van der Waals surface area contributed by atoms with Gasteiger partial charge in [0.25, 0.3) is 0 Å². The second-order valence-electron chi connectivity index (χ2n) is 7.78. The number of morpholine rings is 1. The number of hydrogen-bond acceptors (Lipinski definition) is 6. The Balaban J connectivity index is 1.70. The van der Waals surface area contributed by atoms with E-state index in [9.17, 15) is 0 Å². The Morgan fingerprint density at radius 1 is 1.18 bits per heavy atom. The van der Waals surface area contributed by atoms with E-state index in [1.807, 2.05) is 29.9 Å². The predicted molar refractivity (Wildman–Crippen MR) is 109 cm³/mol. The van der Waals surface area contributed by atoms with Crippen LogP contribution in [0.15, 0.2) is 30.6 Å². The van der Waals surface area contributed by atoms with Crippen LogP contribution >= 0.6 is 0 Å². The second kappa shape index (κ2) is 7.48. The summed E-state index contributed by atoms with van der Waals surface area (Å²) in [6, 6.07) is 6.18. The van der Waals surface area contributed by atoms with Crippen molar-refractivity contribution >= 4 is 11.3 Å². The quantitative estimate of drug-likeness (QED) is 0.677. The molecule has 1 fully saturated rings. The molecule has 28 heavy (non-hydrogen) atoms. The minimum absolute atomic E-state index is 0.234. The minimum atomic E-state index is -0.234. The van der Waals surface area contributed by atoms with E-state index < -0.39 is 0 Å². The first-order chi connectivity index (χ1) is 13.5. The van der Waals surface area contributed by atoms with Gasteiger partial charge >= 0.3 is 0 Å². The summed E-state index contributed by atoms with van der Waals surface area (Å²) < 4.78 is 12.9. The molecule has 0 aliphatic carbocycles. The van der Waals surface area contributed by atoms with Crippen molar-refractivity contribution in [2.24, 2.45) is 0 Å². The molecule has 0 bridgehead atoms. The maximum Gasteiger partial charge on any atom is 0.178 e. The van der Waals surface area contributed by atoms with Crippen LogP contribution in [-0.4, -0.2) is 58.6 Å². The van der Waals surface area contributed by atoms with Gasteiger partial charge in [0.2, 0.25) is 0 Å². The van der Waals surface area contributed by atoms with Gasteiger partial charge in [-0.2, -0.15) is 5.10 Å². The monoisotopic (exact) mass is 381 g/mol. The molecule has 1 aliphatic heterocycles. The number of ether oxygens (including phenoxy) is 2. The van der Waals surface area contributed by atoms with Gasteiger partial charge in [0, 0.05) is 44.1 Å². The zero-order valence-corrected chi connectivity index (χ0v) is 17.0. The molecule has 0 unspecified atom stereocenters. The summed E-state index contributed by atoms with van der Waals surface area (Å²) in [6.45, 7) is 9.37. The summed E-state index contributed by atoms with van der Waals surface area (Å²) in [5.41, 5.74) is 5.68. The van der Waals surface area contributed by atoms with Crippen LogP contribution in [0, 0.1) is 6.92 Å². The zero-order valence-electron chi connectivity index (χ0n) is 17.0. The van der Waals surface area contributed by atoms with E-state index in [0.717, 1.165) is 66.7 Å².